The molecule has 2 nitrogen and oxygen atoms in total. The van der Waals surface area contributed by atoms with E-state index in [1.807, 2.05) is 6.92 Å². The molecule has 45 heavy (non-hydrogen) atoms. The molecule has 0 bridgehead atoms. The molecule has 238 valence electrons. The fourth-order valence-corrected chi connectivity index (χ4v) is 5.46. The Morgan fingerprint density at radius 3 is 1.84 bits per heavy atom. The monoisotopic (exact) mass is 642 g/mol. The molecule has 5 rings (SSSR count). The summed E-state index contributed by atoms with van der Waals surface area (Å²) in [5.74, 6) is -13.2. The minimum Gasteiger partial charge on any atom is -0.429 e. The highest BCUT2D eigenvalue weighted by atomic mass is 19.3. The molecule has 1 fully saturated rings. The van der Waals surface area contributed by atoms with E-state index in [4.69, 9.17) is 4.74 Å². The highest BCUT2D eigenvalue weighted by Gasteiger charge is 2.41. The second kappa shape index (κ2) is 12.7. The Kier molecular flexibility index (Phi) is 9.16. The van der Waals surface area contributed by atoms with Crippen molar-refractivity contribution in [3.05, 3.63) is 112 Å². The van der Waals surface area contributed by atoms with Crippen LogP contribution in [0.25, 0.3) is 22.3 Å². The molecule has 0 aliphatic carbocycles. The zero-order chi connectivity index (χ0) is 32.6. The quantitative estimate of drug-likeness (QED) is 0.141. The summed E-state index contributed by atoms with van der Waals surface area (Å²) in [6.07, 6.45) is -2.10. The first-order valence-corrected chi connectivity index (χ1v) is 13.9. The zero-order valence-corrected chi connectivity index (χ0v) is 23.5. The van der Waals surface area contributed by atoms with Crippen LogP contribution in [0.15, 0.2) is 54.6 Å². The molecular formula is C33H24F10O2. The van der Waals surface area contributed by atoms with Crippen LogP contribution in [0.3, 0.4) is 0 Å². The van der Waals surface area contributed by atoms with Crippen LogP contribution in [0.5, 0.6) is 5.75 Å². The van der Waals surface area contributed by atoms with E-state index in [1.165, 1.54) is 0 Å². The van der Waals surface area contributed by atoms with Gasteiger partial charge in [0, 0.05) is 11.6 Å². The minimum atomic E-state index is -4.76. The molecular weight excluding hydrogens is 618 g/mol. The van der Waals surface area contributed by atoms with Crippen molar-refractivity contribution in [1.29, 1.82) is 0 Å². The van der Waals surface area contributed by atoms with E-state index in [-0.39, 0.29) is 5.56 Å². The Labute approximate surface area is 251 Å². The lowest BCUT2D eigenvalue weighted by Gasteiger charge is -2.29. The van der Waals surface area contributed by atoms with Gasteiger partial charge in [0.25, 0.3) is 0 Å². The van der Waals surface area contributed by atoms with Gasteiger partial charge in [-0.05, 0) is 90.4 Å². The van der Waals surface area contributed by atoms with E-state index in [1.54, 1.807) is 0 Å². The third-order valence-electron chi connectivity index (χ3n) is 7.61. The van der Waals surface area contributed by atoms with Gasteiger partial charge >= 0.3 is 6.11 Å². The Bertz CT molecular complexity index is 1660. The molecule has 1 aliphatic heterocycles. The first-order valence-electron chi connectivity index (χ1n) is 13.9. The number of hydrogen-bond donors (Lipinski definition) is 0. The number of rotatable bonds is 8. The van der Waals surface area contributed by atoms with Crippen molar-refractivity contribution < 1.29 is 53.4 Å². The van der Waals surface area contributed by atoms with Gasteiger partial charge in [0.15, 0.2) is 17.5 Å². The van der Waals surface area contributed by atoms with Gasteiger partial charge in [-0.2, -0.15) is 8.78 Å². The van der Waals surface area contributed by atoms with Crippen LogP contribution in [0, 0.1) is 52.5 Å². The van der Waals surface area contributed by atoms with Crippen LogP contribution in [-0.2, 0) is 10.8 Å². The summed E-state index contributed by atoms with van der Waals surface area (Å²) in [4.78, 5) is 0. The molecule has 12 heteroatoms. The van der Waals surface area contributed by atoms with Gasteiger partial charge in [0.2, 0.25) is 0 Å². The number of hydrogen-bond acceptors (Lipinski definition) is 2. The summed E-state index contributed by atoms with van der Waals surface area (Å²) in [6, 6.07) is 5.37. The van der Waals surface area contributed by atoms with Crippen molar-refractivity contribution in [2.75, 3.05) is 6.61 Å². The molecule has 2 atom stereocenters. The molecule has 4 aromatic carbocycles. The number of ether oxygens (including phenoxy) is 2. The molecule has 0 unspecified atom stereocenters. The molecule has 0 N–H and O–H groups in total. The summed E-state index contributed by atoms with van der Waals surface area (Å²) < 4.78 is 155. The average Bonchev–Trinajstić information content (AvgIpc) is 2.95. The molecule has 0 saturated carbocycles. The third-order valence-corrected chi connectivity index (χ3v) is 7.61. The van der Waals surface area contributed by atoms with Gasteiger partial charge < -0.3 is 9.47 Å². The summed E-state index contributed by atoms with van der Waals surface area (Å²) in [5.41, 5.74) is -4.27. The molecule has 1 heterocycles. The third kappa shape index (κ3) is 6.66. The lowest BCUT2D eigenvalue weighted by molar-refractivity contribution is -0.189. The Hall–Kier alpha value is -4.06. The molecule has 1 aliphatic rings. The predicted molar refractivity (Wildman–Crippen MR) is 144 cm³/mol. The van der Waals surface area contributed by atoms with Crippen LogP contribution in [-0.4, -0.2) is 6.61 Å². The van der Waals surface area contributed by atoms with Gasteiger partial charge in [0.1, 0.15) is 40.4 Å². The topological polar surface area (TPSA) is 18.5 Å². The Balaban J connectivity index is 1.38. The molecule has 0 amide bonds. The maximum Gasteiger partial charge on any atom is 0.432 e. The van der Waals surface area contributed by atoms with Gasteiger partial charge in [-0.1, -0.05) is 13.3 Å². The normalized spacial score (nSPS) is 17.0. The first-order chi connectivity index (χ1) is 21.3. The summed E-state index contributed by atoms with van der Waals surface area (Å²) in [7, 11) is 0. The predicted octanol–water partition coefficient (Wildman–Crippen LogP) is 10.5. The van der Waals surface area contributed by atoms with Crippen LogP contribution >= 0.6 is 0 Å². The zero-order valence-electron chi connectivity index (χ0n) is 23.5. The molecule has 1 saturated heterocycles. The van der Waals surface area contributed by atoms with E-state index in [0.717, 1.165) is 43.5 Å². The van der Waals surface area contributed by atoms with Gasteiger partial charge in [-0.3, -0.25) is 0 Å². The van der Waals surface area contributed by atoms with Crippen molar-refractivity contribution in [3.63, 3.8) is 0 Å². The van der Waals surface area contributed by atoms with Crippen LogP contribution in [0.2, 0.25) is 0 Å². The van der Waals surface area contributed by atoms with E-state index in [0.29, 0.717) is 49.3 Å². The van der Waals surface area contributed by atoms with Gasteiger partial charge in [-0.15, -0.1) is 0 Å². The van der Waals surface area contributed by atoms with Crippen molar-refractivity contribution in [1.82, 2.24) is 0 Å². The summed E-state index contributed by atoms with van der Waals surface area (Å²) >= 11 is 0. The SMILES string of the molecule is CCC[C@H]1CC[C@H](c2cc(F)c(-c3cc(F)c(C(F)(F)Oc4ccc(-c5cc(F)c(F)c(F)c5)c(F)c4)c(F)c3)c(F)c2)OC1. The lowest BCUT2D eigenvalue weighted by Crippen LogP contribution is -2.25. The maximum atomic E-state index is 15.1. The number of alkyl halides is 2. The molecule has 0 spiro atoms. The van der Waals surface area contributed by atoms with E-state index in [2.05, 4.69) is 4.74 Å². The van der Waals surface area contributed by atoms with Crippen LogP contribution in [0.4, 0.5) is 43.9 Å². The largest absolute Gasteiger partial charge is 0.432 e. The fourth-order valence-electron chi connectivity index (χ4n) is 5.46. The molecule has 0 aromatic heterocycles. The van der Waals surface area contributed by atoms with E-state index in [9.17, 15) is 35.1 Å². The second-order valence-electron chi connectivity index (χ2n) is 10.7. The highest BCUT2D eigenvalue weighted by molar-refractivity contribution is 5.67. The van der Waals surface area contributed by atoms with Gasteiger partial charge in [-0.25, -0.2) is 35.1 Å². The van der Waals surface area contributed by atoms with Crippen molar-refractivity contribution in [2.24, 2.45) is 5.92 Å². The molecule has 4 aromatic rings. The second-order valence-corrected chi connectivity index (χ2v) is 10.7. The standard InChI is InChI=1S/C33H24F10O2/c1-2-3-16-4-7-29(44-15-16)18-10-23(35)30(24(36)11-18)19-12-25(37)31(26(38)13-19)33(42,43)45-20-5-6-21(22(34)14-20)17-8-27(39)32(41)28(40)9-17/h5-6,8-14,16,29H,2-4,7,15H2,1H3/t16-,29+/m0/s1. The van der Waals surface area contributed by atoms with Crippen molar-refractivity contribution >= 4 is 0 Å². The van der Waals surface area contributed by atoms with Gasteiger partial charge in [0.05, 0.1) is 18.3 Å². The smallest absolute Gasteiger partial charge is 0.429 e. The Morgan fingerprint density at radius 2 is 1.31 bits per heavy atom. The first kappa shape index (κ1) is 32.3. The molecule has 0 radical (unpaired) electrons. The van der Waals surface area contributed by atoms with Crippen LogP contribution < -0.4 is 4.74 Å². The lowest BCUT2D eigenvalue weighted by atomic mass is 9.91. The average molecular weight is 643 g/mol. The van der Waals surface area contributed by atoms with E-state index < -0.39 is 92.3 Å². The summed E-state index contributed by atoms with van der Waals surface area (Å²) in [5, 5.41) is 0. The number of benzene rings is 4. The minimum absolute atomic E-state index is 0.189. The van der Waals surface area contributed by atoms with Crippen molar-refractivity contribution in [2.45, 2.75) is 44.8 Å². The summed E-state index contributed by atoms with van der Waals surface area (Å²) in [6.45, 7) is 2.46. The Morgan fingerprint density at radius 1 is 0.711 bits per heavy atom. The fraction of sp³-hybridized carbons (Fsp3) is 0.273. The van der Waals surface area contributed by atoms with E-state index >= 15 is 8.78 Å². The van der Waals surface area contributed by atoms with Crippen LogP contribution in [0.1, 0.15) is 49.8 Å². The van der Waals surface area contributed by atoms with Crippen molar-refractivity contribution in [3.8, 4) is 28.0 Å². The maximum absolute atomic E-state index is 15.1. The number of halogens is 10. The highest BCUT2D eigenvalue weighted by Crippen LogP contribution is 2.40.